The first-order valence-electron chi connectivity index (χ1n) is 4.84. The Balaban J connectivity index is 1.94. The van der Waals surface area contributed by atoms with Crippen molar-refractivity contribution in [2.75, 3.05) is 13.1 Å². The van der Waals surface area contributed by atoms with Crippen LogP contribution >= 0.6 is 0 Å². The van der Waals surface area contributed by atoms with Gasteiger partial charge in [0.25, 0.3) is 0 Å². The lowest BCUT2D eigenvalue weighted by Gasteiger charge is -2.07. The lowest BCUT2D eigenvalue weighted by Crippen LogP contribution is -2.20. The first-order valence-corrected chi connectivity index (χ1v) is 6.22. The molecule has 3 nitrogen and oxygen atoms in total. The maximum absolute atomic E-state index is 11.8. The second-order valence-corrected chi connectivity index (χ2v) is 5.18. The molecule has 1 fully saturated rings. The van der Waals surface area contributed by atoms with Crippen molar-refractivity contribution in [3.8, 4) is 0 Å². The smallest absolute Gasteiger partial charge is 0.0662 e. The molecule has 0 radical (unpaired) electrons. The van der Waals surface area contributed by atoms with E-state index in [9.17, 15) is 4.21 Å². The highest BCUT2D eigenvalue weighted by molar-refractivity contribution is 7.84. The highest BCUT2D eigenvalue weighted by Gasteiger charge is 2.21. The maximum atomic E-state index is 11.8. The van der Waals surface area contributed by atoms with Crippen LogP contribution in [0.3, 0.4) is 0 Å². The van der Waals surface area contributed by atoms with Crippen molar-refractivity contribution in [3.63, 3.8) is 0 Å². The summed E-state index contributed by atoms with van der Waals surface area (Å²) in [6, 6.07) is 5.75. The van der Waals surface area contributed by atoms with Gasteiger partial charge < -0.3 is 5.32 Å². The summed E-state index contributed by atoms with van der Waals surface area (Å²) >= 11 is 0. The van der Waals surface area contributed by atoms with E-state index in [0.717, 1.165) is 25.2 Å². The van der Waals surface area contributed by atoms with E-state index >= 15 is 0 Å². The minimum Gasteiger partial charge on any atom is -0.315 e. The molecule has 1 aromatic rings. The lowest BCUT2D eigenvalue weighted by molar-refractivity contribution is 0.671. The van der Waals surface area contributed by atoms with Crippen LogP contribution in [0.15, 0.2) is 24.4 Å². The molecule has 0 spiro atoms. The van der Waals surface area contributed by atoms with Crippen LogP contribution in [0.5, 0.6) is 0 Å². The molecule has 0 aliphatic carbocycles. The Bertz CT molecular complexity index is 309. The summed E-state index contributed by atoms with van der Waals surface area (Å²) in [4.78, 5) is 4.18. The third-order valence-corrected chi connectivity index (χ3v) is 4.13. The van der Waals surface area contributed by atoms with Crippen molar-refractivity contribution in [1.82, 2.24) is 10.3 Å². The molecule has 1 saturated heterocycles. The van der Waals surface area contributed by atoms with Crippen molar-refractivity contribution in [2.24, 2.45) is 0 Å². The Morgan fingerprint density at radius 2 is 2.50 bits per heavy atom. The topological polar surface area (TPSA) is 42.0 Å². The number of nitrogens with zero attached hydrogens (tertiary/aromatic N) is 1. The van der Waals surface area contributed by atoms with Gasteiger partial charge in [-0.25, -0.2) is 0 Å². The third-order valence-electron chi connectivity index (χ3n) is 2.40. The molecule has 1 aromatic heterocycles. The van der Waals surface area contributed by atoms with Crippen molar-refractivity contribution in [2.45, 2.75) is 17.4 Å². The van der Waals surface area contributed by atoms with E-state index in [1.165, 1.54) is 0 Å². The van der Waals surface area contributed by atoms with Gasteiger partial charge in [-0.2, -0.15) is 0 Å². The van der Waals surface area contributed by atoms with Gasteiger partial charge in [-0.15, -0.1) is 0 Å². The van der Waals surface area contributed by atoms with Crippen LogP contribution in [0, 0.1) is 0 Å². The van der Waals surface area contributed by atoms with E-state index in [4.69, 9.17) is 0 Å². The molecule has 1 aliphatic heterocycles. The SMILES string of the molecule is O=S(Cc1ccccn1)C1CCNC1. The highest BCUT2D eigenvalue weighted by Crippen LogP contribution is 2.10. The molecule has 4 heteroatoms. The fraction of sp³-hybridized carbons (Fsp3) is 0.500. The van der Waals surface area contributed by atoms with Gasteiger partial charge in [0.1, 0.15) is 0 Å². The van der Waals surface area contributed by atoms with E-state index in [1.807, 2.05) is 18.2 Å². The Labute approximate surface area is 86.4 Å². The zero-order valence-electron chi connectivity index (χ0n) is 7.98. The first-order chi connectivity index (χ1) is 6.86. The van der Waals surface area contributed by atoms with Crippen LogP contribution < -0.4 is 5.32 Å². The molecule has 2 heterocycles. The van der Waals surface area contributed by atoms with Gasteiger partial charge in [0.05, 0.1) is 11.4 Å². The Morgan fingerprint density at radius 3 is 3.14 bits per heavy atom. The monoisotopic (exact) mass is 210 g/mol. The van der Waals surface area contributed by atoms with E-state index in [0.29, 0.717) is 11.0 Å². The molecule has 2 atom stereocenters. The summed E-state index contributed by atoms with van der Waals surface area (Å²) in [5.41, 5.74) is 0.928. The molecule has 0 bridgehead atoms. The highest BCUT2D eigenvalue weighted by atomic mass is 32.2. The fourth-order valence-corrected chi connectivity index (χ4v) is 2.98. The zero-order chi connectivity index (χ0) is 9.80. The Kier molecular flexibility index (Phi) is 3.26. The van der Waals surface area contributed by atoms with Gasteiger partial charge >= 0.3 is 0 Å². The van der Waals surface area contributed by atoms with Gasteiger partial charge in [-0.05, 0) is 25.1 Å². The number of rotatable bonds is 3. The molecule has 1 N–H and O–H groups in total. The lowest BCUT2D eigenvalue weighted by atomic mass is 10.4. The normalized spacial score (nSPS) is 23.6. The van der Waals surface area contributed by atoms with Crippen molar-refractivity contribution < 1.29 is 4.21 Å². The summed E-state index contributed by atoms with van der Waals surface area (Å²) in [6.07, 6.45) is 2.78. The van der Waals surface area contributed by atoms with E-state index < -0.39 is 10.8 Å². The number of nitrogens with one attached hydrogen (secondary N) is 1. The van der Waals surface area contributed by atoms with Crippen LogP contribution in [0.4, 0.5) is 0 Å². The van der Waals surface area contributed by atoms with Gasteiger partial charge in [-0.1, -0.05) is 6.07 Å². The second kappa shape index (κ2) is 4.66. The van der Waals surface area contributed by atoms with Gasteiger partial charge in [0.2, 0.25) is 0 Å². The summed E-state index contributed by atoms with van der Waals surface area (Å²) in [5.74, 6) is 0.590. The standard InChI is InChI=1S/C10H14N2OS/c13-14(10-4-6-11-7-10)8-9-3-1-2-5-12-9/h1-3,5,10-11H,4,6-8H2. The predicted octanol–water partition coefficient (Wildman–Crippen LogP) is 0.692. The van der Waals surface area contributed by atoms with Crippen molar-refractivity contribution in [3.05, 3.63) is 30.1 Å². The van der Waals surface area contributed by atoms with Crippen molar-refractivity contribution in [1.29, 1.82) is 0 Å². The Morgan fingerprint density at radius 1 is 1.57 bits per heavy atom. The first kappa shape index (κ1) is 9.80. The van der Waals surface area contributed by atoms with Gasteiger partial charge in [0.15, 0.2) is 0 Å². The largest absolute Gasteiger partial charge is 0.315 e. The van der Waals surface area contributed by atoms with Crippen LogP contribution in [0.2, 0.25) is 0 Å². The molecule has 0 amide bonds. The van der Waals surface area contributed by atoms with E-state index in [2.05, 4.69) is 10.3 Å². The summed E-state index contributed by atoms with van der Waals surface area (Å²) in [5, 5.41) is 3.54. The zero-order valence-corrected chi connectivity index (χ0v) is 8.80. The molecule has 2 unspecified atom stereocenters. The maximum Gasteiger partial charge on any atom is 0.0662 e. The van der Waals surface area contributed by atoms with Crippen molar-refractivity contribution >= 4 is 10.8 Å². The molecule has 76 valence electrons. The number of hydrogen-bond donors (Lipinski definition) is 1. The van der Waals surface area contributed by atoms with E-state index in [-0.39, 0.29) is 0 Å². The van der Waals surface area contributed by atoms with Crippen LogP contribution in [-0.4, -0.2) is 27.5 Å². The number of pyridine rings is 1. The summed E-state index contributed by atoms with van der Waals surface area (Å²) in [6.45, 7) is 1.89. The molecular weight excluding hydrogens is 196 g/mol. The second-order valence-electron chi connectivity index (χ2n) is 3.46. The predicted molar refractivity (Wildman–Crippen MR) is 57.4 cm³/mol. The Hall–Kier alpha value is -0.740. The number of hydrogen-bond acceptors (Lipinski definition) is 3. The molecular formula is C10H14N2OS. The van der Waals surface area contributed by atoms with E-state index in [1.54, 1.807) is 6.20 Å². The average molecular weight is 210 g/mol. The fourth-order valence-electron chi connectivity index (χ4n) is 1.60. The molecule has 0 aromatic carbocycles. The molecule has 1 aliphatic rings. The van der Waals surface area contributed by atoms with Crippen LogP contribution in [0.25, 0.3) is 0 Å². The minimum absolute atomic E-state index is 0.317. The average Bonchev–Trinajstić information content (AvgIpc) is 2.72. The number of aromatic nitrogens is 1. The van der Waals surface area contributed by atoms with Crippen LogP contribution in [-0.2, 0) is 16.6 Å². The summed E-state index contributed by atoms with van der Waals surface area (Å²) < 4.78 is 11.8. The van der Waals surface area contributed by atoms with Gasteiger partial charge in [0, 0.05) is 28.8 Å². The van der Waals surface area contributed by atoms with Crippen LogP contribution in [0.1, 0.15) is 12.1 Å². The minimum atomic E-state index is -0.771. The quantitative estimate of drug-likeness (QED) is 0.798. The third kappa shape index (κ3) is 2.39. The molecule has 0 saturated carbocycles. The molecule has 14 heavy (non-hydrogen) atoms. The van der Waals surface area contributed by atoms with Gasteiger partial charge in [-0.3, -0.25) is 9.19 Å². The summed E-state index contributed by atoms with van der Waals surface area (Å²) in [7, 11) is -0.771. The molecule has 2 rings (SSSR count).